The van der Waals surface area contributed by atoms with Crippen molar-refractivity contribution in [3.63, 3.8) is 0 Å². The van der Waals surface area contributed by atoms with Crippen LogP contribution in [0.25, 0.3) is 0 Å². The molecule has 0 radical (unpaired) electrons. The second kappa shape index (κ2) is 4.86. The Morgan fingerprint density at radius 2 is 2.33 bits per heavy atom. The molecule has 1 saturated heterocycles. The van der Waals surface area contributed by atoms with Crippen LogP contribution < -0.4 is 0 Å². The summed E-state index contributed by atoms with van der Waals surface area (Å²) < 4.78 is 5.71. The number of amides is 1. The monoisotopic (exact) mass is 266 g/mol. The number of pyridine rings is 1. The number of aromatic nitrogens is 1. The maximum atomic E-state index is 12.4. The maximum absolute atomic E-state index is 12.4. The summed E-state index contributed by atoms with van der Waals surface area (Å²) in [5.74, 6) is 0.630. The van der Waals surface area contributed by atoms with Gasteiger partial charge in [0, 0.05) is 25.5 Å². The fourth-order valence-electron chi connectivity index (χ4n) is 2.33. The third-order valence-electron chi connectivity index (χ3n) is 3.53. The normalized spacial score (nSPS) is 24.1. The highest BCUT2D eigenvalue weighted by molar-refractivity contribution is 6.33. The molecule has 4 nitrogen and oxygen atoms in total. The fraction of sp³-hybridized carbons (Fsp3) is 0.538. The number of carbonyl (C=O) groups is 1. The summed E-state index contributed by atoms with van der Waals surface area (Å²) in [5.41, 5.74) is 0.531. The minimum Gasteiger partial charge on any atom is -0.374 e. The molecular weight excluding hydrogens is 252 g/mol. The van der Waals surface area contributed by atoms with Crippen molar-refractivity contribution in [2.75, 3.05) is 19.7 Å². The Morgan fingerprint density at radius 1 is 1.50 bits per heavy atom. The molecule has 0 aromatic carbocycles. The molecule has 5 heteroatoms. The lowest BCUT2D eigenvalue weighted by Gasteiger charge is -2.33. The number of morpholine rings is 1. The molecule has 18 heavy (non-hydrogen) atoms. The molecule has 2 aliphatic rings. The zero-order valence-corrected chi connectivity index (χ0v) is 10.8. The lowest BCUT2D eigenvalue weighted by molar-refractivity contribution is -0.0313. The number of halogens is 1. The Kier molecular flexibility index (Phi) is 3.22. The molecule has 0 N–H and O–H groups in total. The van der Waals surface area contributed by atoms with Gasteiger partial charge in [-0.2, -0.15) is 0 Å². The van der Waals surface area contributed by atoms with E-state index < -0.39 is 0 Å². The van der Waals surface area contributed by atoms with Gasteiger partial charge in [-0.25, -0.2) is 0 Å². The molecule has 1 atom stereocenters. The van der Waals surface area contributed by atoms with Gasteiger partial charge in [0.25, 0.3) is 5.91 Å². The van der Waals surface area contributed by atoms with E-state index in [9.17, 15) is 4.79 Å². The molecule has 1 amide bonds. The van der Waals surface area contributed by atoms with Gasteiger partial charge in [0.2, 0.25) is 0 Å². The molecule has 1 aliphatic carbocycles. The third-order valence-corrected chi connectivity index (χ3v) is 3.83. The van der Waals surface area contributed by atoms with Gasteiger partial charge in [-0.15, -0.1) is 0 Å². The quantitative estimate of drug-likeness (QED) is 0.822. The van der Waals surface area contributed by atoms with Gasteiger partial charge >= 0.3 is 0 Å². The molecule has 1 aliphatic heterocycles. The molecule has 2 heterocycles. The van der Waals surface area contributed by atoms with Crippen LogP contribution in [0.15, 0.2) is 18.5 Å². The number of ether oxygens (including phenoxy) is 1. The van der Waals surface area contributed by atoms with Crippen molar-refractivity contribution < 1.29 is 9.53 Å². The summed E-state index contributed by atoms with van der Waals surface area (Å²) in [5, 5.41) is 0.414. The van der Waals surface area contributed by atoms with Gasteiger partial charge in [-0.3, -0.25) is 9.78 Å². The first-order valence-corrected chi connectivity index (χ1v) is 6.64. The second-order valence-corrected chi connectivity index (χ2v) is 5.26. The van der Waals surface area contributed by atoms with Gasteiger partial charge in [0.05, 0.1) is 23.3 Å². The molecular formula is C13H15ClN2O2. The van der Waals surface area contributed by atoms with Crippen LogP contribution in [-0.4, -0.2) is 41.6 Å². The summed E-state index contributed by atoms with van der Waals surface area (Å²) in [6, 6.07) is 1.67. The van der Waals surface area contributed by atoms with Crippen LogP contribution in [0.3, 0.4) is 0 Å². The van der Waals surface area contributed by atoms with Crippen LogP contribution in [0.1, 0.15) is 23.2 Å². The highest BCUT2D eigenvalue weighted by Gasteiger charge is 2.36. The van der Waals surface area contributed by atoms with E-state index in [2.05, 4.69) is 4.98 Å². The number of carbonyl (C=O) groups excluding carboxylic acids is 1. The maximum Gasteiger partial charge on any atom is 0.255 e. The average molecular weight is 267 g/mol. The van der Waals surface area contributed by atoms with Crippen molar-refractivity contribution >= 4 is 17.5 Å². The van der Waals surface area contributed by atoms with Crippen molar-refractivity contribution in [1.29, 1.82) is 0 Å². The lowest BCUT2D eigenvalue weighted by atomic mass is 10.1. The number of hydrogen-bond donors (Lipinski definition) is 0. The zero-order valence-electron chi connectivity index (χ0n) is 10.0. The predicted octanol–water partition coefficient (Wildman–Crippen LogP) is 1.99. The Bertz CT molecular complexity index is 462. The molecule has 1 aromatic heterocycles. The highest BCUT2D eigenvalue weighted by atomic mass is 35.5. The minimum absolute atomic E-state index is 0.0173. The predicted molar refractivity (Wildman–Crippen MR) is 67.6 cm³/mol. The molecule has 1 saturated carbocycles. The van der Waals surface area contributed by atoms with Crippen LogP contribution >= 0.6 is 11.6 Å². The third kappa shape index (κ3) is 2.35. The van der Waals surface area contributed by atoms with Crippen molar-refractivity contribution in [2.24, 2.45) is 5.92 Å². The first-order chi connectivity index (χ1) is 8.75. The molecule has 96 valence electrons. The summed E-state index contributed by atoms with van der Waals surface area (Å²) in [6.07, 6.45) is 5.76. The van der Waals surface area contributed by atoms with Crippen LogP contribution in [0.2, 0.25) is 5.02 Å². The lowest BCUT2D eigenvalue weighted by Crippen LogP contribution is -2.46. The van der Waals surface area contributed by atoms with Crippen molar-refractivity contribution in [3.8, 4) is 0 Å². The Labute approximate surface area is 111 Å². The van der Waals surface area contributed by atoms with Crippen molar-refractivity contribution in [2.45, 2.75) is 18.9 Å². The first kappa shape index (κ1) is 11.9. The summed E-state index contributed by atoms with van der Waals surface area (Å²) in [4.78, 5) is 18.1. The number of rotatable bonds is 2. The molecule has 0 spiro atoms. The van der Waals surface area contributed by atoms with Crippen LogP contribution in [0, 0.1) is 5.92 Å². The molecule has 0 bridgehead atoms. The molecule has 2 fully saturated rings. The molecule has 0 unspecified atom stereocenters. The van der Waals surface area contributed by atoms with E-state index in [0.29, 0.717) is 36.2 Å². The Balaban J connectivity index is 1.73. The first-order valence-electron chi connectivity index (χ1n) is 6.26. The topological polar surface area (TPSA) is 42.4 Å². The van der Waals surface area contributed by atoms with Crippen LogP contribution in [0.5, 0.6) is 0 Å². The van der Waals surface area contributed by atoms with Crippen LogP contribution in [-0.2, 0) is 4.74 Å². The largest absolute Gasteiger partial charge is 0.374 e. The van der Waals surface area contributed by atoms with Gasteiger partial charge in [0.1, 0.15) is 0 Å². The van der Waals surface area contributed by atoms with E-state index in [1.54, 1.807) is 12.3 Å². The summed E-state index contributed by atoms with van der Waals surface area (Å²) in [6.45, 7) is 1.94. The summed E-state index contributed by atoms with van der Waals surface area (Å²) in [7, 11) is 0. The zero-order chi connectivity index (χ0) is 12.5. The Morgan fingerprint density at radius 3 is 3.06 bits per heavy atom. The number of nitrogens with zero attached hydrogens (tertiary/aromatic N) is 2. The highest BCUT2D eigenvalue weighted by Crippen LogP contribution is 2.36. The Hall–Kier alpha value is -1.13. The molecule has 1 aromatic rings. The SMILES string of the molecule is O=C(c1ccncc1Cl)N1CCO[C@@H](C2CC2)C1. The van der Waals surface area contributed by atoms with E-state index in [4.69, 9.17) is 16.3 Å². The molecule has 3 rings (SSSR count). The van der Waals surface area contributed by atoms with Crippen molar-refractivity contribution in [3.05, 3.63) is 29.0 Å². The van der Waals surface area contributed by atoms with Gasteiger partial charge in [-0.05, 0) is 24.8 Å². The van der Waals surface area contributed by atoms with Gasteiger partial charge in [-0.1, -0.05) is 11.6 Å². The van der Waals surface area contributed by atoms with Crippen LogP contribution in [0.4, 0.5) is 0 Å². The fourth-order valence-corrected chi connectivity index (χ4v) is 2.53. The smallest absolute Gasteiger partial charge is 0.255 e. The van der Waals surface area contributed by atoms with Gasteiger partial charge in [0.15, 0.2) is 0 Å². The number of hydrogen-bond acceptors (Lipinski definition) is 3. The van der Waals surface area contributed by atoms with E-state index >= 15 is 0 Å². The van der Waals surface area contributed by atoms with E-state index in [1.165, 1.54) is 19.0 Å². The van der Waals surface area contributed by atoms with Crippen molar-refractivity contribution in [1.82, 2.24) is 9.88 Å². The minimum atomic E-state index is -0.0173. The van der Waals surface area contributed by atoms with E-state index in [-0.39, 0.29) is 12.0 Å². The van der Waals surface area contributed by atoms with E-state index in [0.717, 1.165) is 0 Å². The standard InChI is InChI=1S/C13H15ClN2O2/c14-11-7-15-4-3-10(11)13(17)16-5-6-18-12(8-16)9-1-2-9/h3-4,7,9,12H,1-2,5-6,8H2/t12-/m1/s1. The second-order valence-electron chi connectivity index (χ2n) is 4.85. The summed E-state index contributed by atoms with van der Waals surface area (Å²) >= 11 is 6.01. The average Bonchev–Trinajstić information content (AvgIpc) is 3.23. The van der Waals surface area contributed by atoms with E-state index in [1.807, 2.05) is 4.90 Å². The van der Waals surface area contributed by atoms with Gasteiger partial charge < -0.3 is 9.64 Å².